The van der Waals surface area contributed by atoms with Gasteiger partial charge in [0.1, 0.15) is 5.75 Å². The molecule has 1 fully saturated rings. The van der Waals surface area contributed by atoms with E-state index in [9.17, 15) is 0 Å². The van der Waals surface area contributed by atoms with Gasteiger partial charge in [0.05, 0.1) is 20.3 Å². The molecule has 0 atom stereocenters. The lowest BCUT2D eigenvalue weighted by Gasteiger charge is -2.17. The fraction of sp³-hybridized carbons (Fsp3) is 0.368. The quantitative estimate of drug-likeness (QED) is 0.801. The van der Waals surface area contributed by atoms with E-state index < -0.39 is 0 Å². The topological polar surface area (TPSA) is 27.7 Å². The lowest BCUT2D eigenvalue weighted by molar-refractivity contribution is 0.201. The van der Waals surface area contributed by atoms with Crippen LogP contribution in [0.1, 0.15) is 25.7 Å². The third-order valence-corrected chi connectivity index (χ3v) is 4.16. The van der Waals surface area contributed by atoms with Gasteiger partial charge in [-0.25, -0.2) is 0 Å². The van der Waals surface area contributed by atoms with Crippen molar-refractivity contribution in [3.63, 3.8) is 0 Å². The first-order valence-electron chi connectivity index (χ1n) is 7.79. The molecule has 0 N–H and O–H groups in total. The number of benzene rings is 2. The minimum absolute atomic E-state index is 0.314. The van der Waals surface area contributed by atoms with Gasteiger partial charge in [0.25, 0.3) is 0 Å². The molecule has 3 nitrogen and oxygen atoms in total. The molecule has 0 spiro atoms. The second-order valence-corrected chi connectivity index (χ2v) is 5.62. The molecule has 0 radical (unpaired) electrons. The van der Waals surface area contributed by atoms with E-state index in [2.05, 4.69) is 18.2 Å². The molecule has 3 rings (SSSR count). The molecule has 0 heterocycles. The normalized spacial score (nSPS) is 14.8. The molecule has 2 aromatic carbocycles. The molecule has 22 heavy (non-hydrogen) atoms. The largest absolute Gasteiger partial charge is 0.497 e. The molecule has 0 bridgehead atoms. The van der Waals surface area contributed by atoms with Crippen LogP contribution in [0.25, 0.3) is 11.1 Å². The zero-order valence-corrected chi connectivity index (χ0v) is 13.2. The average Bonchev–Trinajstić information content (AvgIpc) is 3.08. The van der Waals surface area contributed by atoms with Gasteiger partial charge in [-0.1, -0.05) is 18.2 Å². The van der Waals surface area contributed by atoms with E-state index in [1.54, 1.807) is 14.2 Å². The molecule has 0 unspecified atom stereocenters. The molecular formula is C19H22O3. The SMILES string of the molecule is COc1cccc(-c2ccc(OC)c(OC3CCCC3)c2)c1. The molecule has 0 aromatic heterocycles. The van der Waals surface area contributed by atoms with Crippen molar-refractivity contribution in [3.05, 3.63) is 42.5 Å². The van der Waals surface area contributed by atoms with E-state index in [-0.39, 0.29) is 0 Å². The van der Waals surface area contributed by atoms with Crippen LogP contribution in [-0.2, 0) is 0 Å². The highest BCUT2D eigenvalue weighted by Crippen LogP contribution is 2.36. The molecule has 0 aliphatic heterocycles. The fourth-order valence-electron chi connectivity index (χ4n) is 2.94. The van der Waals surface area contributed by atoms with E-state index in [0.717, 1.165) is 41.2 Å². The molecule has 1 aliphatic rings. The second-order valence-electron chi connectivity index (χ2n) is 5.62. The highest BCUT2D eigenvalue weighted by atomic mass is 16.5. The van der Waals surface area contributed by atoms with Crippen LogP contribution in [0.5, 0.6) is 17.2 Å². The minimum Gasteiger partial charge on any atom is -0.497 e. The van der Waals surface area contributed by atoms with Gasteiger partial charge in [0, 0.05) is 0 Å². The first kappa shape index (κ1) is 14.8. The first-order chi connectivity index (χ1) is 10.8. The molecule has 116 valence electrons. The highest BCUT2D eigenvalue weighted by molar-refractivity contribution is 5.68. The summed E-state index contributed by atoms with van der Waals surface area (Å²) in [6.07, 6.45) is 5.08. The maximum atomic E-state index is 6.16. The summed E-state index contributed by atoms with van der Waals surface area (Å²) in [6, 6.07) is 14.1. The smallest absolute Gasteiger partial charge is 0.162 e. The maximum Gasteiger partial charge on any atom is 0.162 e. The van der Waals surface area contributed by atoms with Crippen LogP contribution in [0.2, 0.25) is 0 Å². The predicted octanol–water partition coefficient (Wildman–Crippen LogP) is 4.69. The van der Waals surface area contributed by atoms with Crippen LogP contribution in [0, 0.1) is 0 Å². The number of rotatable bonds is 5. The number of methoxy groups -OCH3 is 2. The molecule has 2 aromatic rings. The van der Waals surface area contributed by atoms with Gasteiger partial charge < -0.3 is 14.2 Å². The van der Waals surface area contributed by atoms with Gasteiger partial charge in [0.2, 0.25) is 0 Å². The zero-order chi connectivity index (χ0) is 15.4. The van der Waals surface area contributed by atoms with E-state index in [1.165, 1.54) is 12.8 Å². The van der Waals surface area contributed by atoms with Crippen molar-refractivity contribution in [3.8, 4) is 28.4 Å². The third kappa shape index (κ3) is 3.19. The Morgan fingerprint density at radius 1 is 0.818 bits per heavy atom. The number of ether oxygens (including phenoxy) is 3. The average molecular weight is 298 g/mol. The van der Waals surface area contributed by atoms with Crippen molar-refractivity contribution in [2.24, 2.45) is 0 Å². The number of hydrogen-bond acceptors (Lipinski definition) is 3. The van der Waals surface area contributed by atoms with Gasteiger partial charge in [0.15, 0.2) is 11.5 Å². The second kappa shape index (κ2) is 6.73. The van der Waals surface area contributed by atoms with Crippen LogP contribution in [0.3, 0.4) is 0 Å². The third-order valence-electron chi connectivity index (χ3n) is 4.16. The number of hydrogen-bond donors (Lipinski definition) is 0. The minimum atomic E-state index is 0.314. The molecule has 1 saturated carbocycles. The molecular weight excluding hydrogens is 276 g/mol. The monoisotopic (exact) mass is 298 g/mol. The van der Waals surface area contributed by atoms with Gasteiger partial charge >= 0.3 is 0 Å². The Bertz CT molecular complexity index is 630. The molecule has 0 saturated heterocycles. The van der Waals surface area contributed by atoms with Crippen LogP contribution in [0.15, 0.2) is 42.5 Å². The van der Waals surface area contributed by atoms with Gasteiger partial charge in [-0.2, -0.15) is 0 Å². The Kier molecular flexibility index (Phi) is 4.52. The highest BCUT2D eigenvalue weighted by Gasteiger charge is 2.18. The van der Waals surface area contributed by atoms with E-state index in [4.69, 9.17) is 14.2 Å². The van der Waals surface area contributed by atoms with E-state index >= 15 is 0 Å². The molecule has 0 amide bonds. The zero-order valence-electron chi connectivity index (χ0n) is 13.2. The lowest BCUT2D eigenvalue weighted by Crippen LogP contribution is -2.11. The van der Waals surface area contributed by atoms with E-state index in [0.29, 0.717) is 6.10 Å². The standard InChI is InChI=1S/C19H22O3/c1-20-17-9-5-6-14(12-17)15-10-11-18(21-2)19(13-15)22-16-7-3-4-8-16/h5-6,9-13,16H,3-4,7-8H2,1-2H3. The van der Waals surface area contributed by atoms with Crippen molar-refractivity contribution < 1.29 is 14.2 Å². The summed E-state index contributed by atoms with van der Waals surface area (Å²) >= 11 is 0. The lowest BCUT2D eigenvalue weighted by atomic mass is 10.0. The summed E-state index contributed by atoms with van der Waals surface area (Å²) in [4.78, 5) is 0. The van der Waals surface area contributed by atoms with Crippen molar-refractivity contribution in [2.75, 3.05) is 14.2 Å². The summed E-state index contributed by atoms with van der Waals surface area (Å²) in [7, 11) is 3.36. The van der Waals surface area contributed by atoms with Crippen molar-refractivity contribution >= 4 is 0 Å². The van der Waals surface area contributed by atoms with Crippen LogP contribution >= 0.6 is 0 Å². The van der Waals surface area contributed by atoms with Gasteiger partial charge in [-0.05, 0) is 61.1 Å². The summed E-state index contributed by atoms with van der Waals surface area (Å²) in [5.74, 6) is 2.47. The maximum absolute atomic E-state index is 6.16. The van der Waals surface area contributed by atoms with Gasteiger partial charge in [-0.15, -0.1) is 0 Å². The van der Waals surface area contributed by atoms with E-state index in [1.807, 2.05) is 24.3 Å². The Morgan fingerprint density at radius 3 is 2.32 bits per heavy atom. The van der Waals surface area contributed by atoms with Crippen molar-refractivity contribution in [1.29, 1.82) is 0 Å². The van der Waals surface area contributed by atoms with Crippen molar-refractivity contribution in [1.82, 2.24) is 0 Å². The Morgan fingerprint density at radius 2 is 1.59 bits per heavy atom. The van der Waals surface area contributed by atoms with Gasteiger partial charge in [-0.3, -0.25) is 0 Å². The first-order valence-corrected chi connectivity index (χ1v) is 7.79. The van der Waals surface area contributed by atoms with Crippen LogP contribution < -0.4 is 14.2 Å². The summed E-state index contributed by atoms with van der Waals surface area (Å²) < 4.78 is 16.9. The Balaban J connectivity index is 1.91. The Hall–Kier alpha value is -2.16. The molecule has 3 heteroatoms. The van der Waals surface area contributed by atoms with Crippen LogP contribution in [-0.4, -0.2) is 20.3 Å². The summed E-state index contributed by atoms with van der Waals surface area (Å²) in [5.41, 5.74) is 2.21. The predicted molar refractivity (Wildman–Crippen MR) is 87.9 cm³/mol. The fourth-order valence-corrected chi connectivity index (χ4v) is 2.94. The summed E-state index contributed by atoms with van der Waals surface area (Å²) in [6.45, 7) is 0. The van der Waals surface area contributed by atoms with Crippen LogP contribution in [0.4, 0.5) is 0 Å². The Labute approximate surface area is 131 Å². The molecule has 1 aliphatic carbocycles. The van der Waals surface area contributed by atoms with Crippen molar-refractivity contribution in [2.45, 2.75) is 31.8 Å². The summed E-state index contributed by atoms with van der Waals surface area (Å²) in [5, 5.41) is 0.